The molecule has 4 heteroatoms. The van der Waals surface area contributed by atoms with E-state index in [4.69, 9.17) is 28.3 Å². The van der Waals surface area contributed by atoms with Crippen molar-refractivity contribution in [3.05, 3.63) is 106 Å². The highest BCUT2D eigenvalue weighted by Crippen LogP contribution is 2.46. The molecule has 150 valence electrons. The third-order valence-electron chi connectivity index (χ3n) is 5.94. The lowest BCUT2D eigenvalue weighted by Gasteiger charge is -2.30. The van der Waals surface area contributed by atoms with E-state index in [1.165, 1.54) is 22.4 Å². The minimum atomic E-state index is 0.175. The van der Waals surface area contributed by atoms with E-state index in [0.29, 0.717) is 5.92 Å². The van der Waals surface area contributed by atoms with Crippen LogP contribution in [0.5, 0.6) is 0 Å². The first-order valence-corrected chi connectivity index (χ1v) is 11.1. The van der Waals surface area contributed by atoms with Crippen molar-refractivity contribution in [2.75, 3.05) is 5.01 Å². The lowest BCUT2D eigenvalue weighted by molar-refractivity contribution is 0.488. The summed E-state index contributed by atoms with van der Waals surface area (Å²) in [5, 5.41) is 8.90. The van der Waals surface area contributed by atoms with Gasteiger partial charge in [-0.3, -0.25) is 5.01 Å². The fourth-order valence-electron chi connectivity index (χ4n) is 4.55. The third kappa shape index (κ3) is 3.78. The van der Waals surface area contributed by atoms with Crippen molar-refractivity contribution in [3.63, 3.8) is 0 Å². The van der Waals surface area contributed by atoms with E-state index in [9.17, 15) is 0 Å². The molecule has 0 spiro atoms. The molecular weight excluding hydrogens is 411 g/mol. The van der Waals surface area contributed by atoms with E-state index in [1.54, 1.807) is 0 Å². The predicted octanol–water partition coefficient (Wildman–Crippen LogP) is 7.79. The van der Waals surface area contributed by atoms with Gasteiger partial charge in [0.05, 0.1) is 17.4 Å². The number of halogens is 2. The molecule has 2 nitrogen and oxygen atoms in total. The summed E-state index contributed by atoms with van der Waals surface area (Å²) in [5.74, 6) is 0.360. The largest absolute Gasteiger partial charge is 0.257 e. The first-order valence-electron chi connectivity index (χ1n) is 10.3. The summed E-state index contributed by atoms with van der Waals surface area (Å²) < 4.78 is 0. The minimum Gasteiger partial charge on any atom is -0.257 e. The predicted molar refractivity (Wildman–Crippen MR) is 127 cm³/mol. The number of hydrogen-bond donors (Lipinski definition) is 0. The molecule has 2 atom stereocenters. The number of nitrogens with zero attached hydrogens (tertiary/aromatic N) is 2. The summed E-state index contributed by atoms with van der Waals surface area (Å²) in [5.41, 5.74) is 6.06. The topological polar surface area (TPSA) is 15.6 Å². The summed E-state index contributed by atoms with van der Waals surface area (Å²) >= 11 is 12.2. The Morgan fingerprint density at radius 2 is 1.50 bits per heavy atom. The second kappa shape index (κ2) is 8.29. The molecule has 1 saturated carbocycles. The van der Waals surface area contributed by atoms with Gasteiger partial charge in [-0.05, 0) is 78.4 Å². The number of hydrogen-bond acceptors (Lipinski definition) is 2. The second-order valence-corrected chi connectivity index (χ2v) is 8.75. The van der Waals surface area contributed by atoms with Gasteiger partial charge in [-0.25, -0.2) is 0 Å². The van der Waals surface area contributed by atoms with Crippen LogP contribution in [0.25, 0.3) is 6.08 Å². The fraction of sp³-hybridized carbons (Fsp3) is 0.192. The average Bonchev–Trinajstić information content (AvgIpc) is 3.17. The smallest absolute Gasteiger partial charge is 0.0859 e. The Labute approximate surface area is 187 Å². The lowest BCUT2D eigenvalue weighted by Crippen LogP contribution is -2.28. The molecule has 5 rings (SSSR count). The molecule has 0 N–H and O–H groups in total. The van der Waals surface area contributed by atoms with Crippen LogP contribution in [0.2, 0.25) is 10.0 Å². The number of benzene rings is 3. The van der Waals surface area contributed by atoms with Gasteiger partial charge >= 0.3 is 0 Å². The molecule has 3 aromatic carbocycles. The third-order valence-corrected chi connectivity index (χ3v) is 6.45. The van der Waals surface area contributed by atoms with Gasteiger partial charge in [0.25, 0.3) is 0 Å². The minimum absolute atomic E-state index is 0.175. The average molecular weight is 433 g/mol. The molecule has 0 unspecified atom stereocenters. The van der Waals surface area contributed by atoms with Gasteiger partial charge in [0.1, 0.15) is 0 Å². The van der Waals surface area contributed by atoms with Crippen molar-refractivity contribution in [1.29, 1.82) is 0 Å². The zero-order chi connectivity index (χ0) is 20.5. The van der Waals surface area contributed by atoms with Crippen LogP contribution in [-0.4, -0.2) is 5.71 Å². The highest BCUT2D eigenvalue weighted by Gasteiger charge is 2.41. The van der Waals surface area contributed by atoms with Gasteiger partial charge in [0.2, 0.25) is 0 Å². The van der Waals surface area contributed by atoms with Crippen LogP contribution >= 0.6 is 23.2 Å². The maximum absolute atomic E-state index is 6.17. The first-order chi connectivity index (χ1) is 14.7. The van der Waals surface area contributed by atoms with Crippen molar-refractivity contribution < 1.29 is 0 Å². The summed E-state index contributed by atoms with van der Waals surface area (Å²) in [6.07, 6.45) is 5.62. The van der Waals surface area contributed by atoms with Crippen LogP contribution in [-0.2, 0) is 0 Å². The molecule has 30 heavy (non-hydrogen) atoms. The van der Waals surface area contributed by atoms with E-state index < -0.39 is 0 Å². The van der Waals surface area contributed by atoms with E-state index >= 15 is 0 Å². The molecule has 0 bridgehead atoms. The SMILES string of the molecule is Clc1ccc(/C=C2/CCC[C@@H]3C2=NN(c2ccccc2)[C@@H]3c2ccc(Cl)cc2)cc1. The normalized spacial score (nSPS) is 22.1. The number of hydrazone groups is 1. The highest BCUT2D eigenvalue weighted by atomic mass is 35.5. The van der Waals surface area contributed by atoms with Gasteiger partial charge in [-0.2, -0.15) is 5.10 Å². The van der Waals surface area contributed by atoms with Gasteiger partial charge < -0.3 is 0 Å². The quantitative estimate of drug-likeness (QED) is 0.412. The molecule has 2 aliphatic rings. The van der Waals surface area contributed by atoms with Gasteiger partial charge in [0, 0.05) is 16.0 Å². The standard InChI is InChI=1S/C26H22Cl2N2/c27-21-13-9-18(10-14-21)17-20-5-4-8-24-25(20)29-30(23-6-2-1-3-7-23)26(24)19-11-15-22(28)16-12-19/h1-3,6-7,9-17,24,26H,4-5,8H2/b20-17-/t24-,26-/m1/s1. The molecule has 1 fully saturated rings. The van der Waals surface area contributed by atoms with Crippen LogP contribution in [0.3, 0.4) is 0 Å². The molecule has 0 saturated heterocycles. The van der Waals surface area contributed by atoms with Crippen LogP contribution in [0, 0.1) is 5.92 Å². The van der Waals surface area contributed by atoms with Crippen molar-refractivity contribution >= 4 is 40.7 Å². The maximum atomic E-state index is 6.17. The molecule has 0 radical (unpaired) electrons. The van der Waals surface area contributed by atoms with Gasteiger partial charge in [0.15, 0.2) is 0 Å². The number of rotatable bonds is 3. The molecule has 1 aliphatic carbocycles. The van der Waals surface area contributed by atoms with Crippen LogP contribution < -0.4 is 5.01 Å². The number of para-hydroxylation sites is 1. The summed E-state index contributed by atoms with van der Waals surface area (Å²) in [6, 6.07) is 26.9. The maximum Gasteiger partial charge on any atom is 0.0859 e. The number of allylic oxidation sites excluding steroid dienone is 1. The van der Waals surface area contributed by atoms with Crippen LogP contribution in [0.1, 0.15) is 36.4 Å². The van der Waals surface area contributed by atoms with E-state index in [2.05, 4.69) is 59.6 Å². The van der Waals surface area contributed by atoms with Crippen molar-refractivity contribution in [2.45, 2.75) is 25.3 Å². The molecule has 1 heterocycles. The van der Waals surface area contributed by atoms with Crippen LogP contribution in [0.4, 0.5) is 5.69 Å². The van der Waals surface area contributed by atoms with E-state index in [0.717, 1.165) is 35.0 Å². The fourth-order valence-corrected chi connectivity index (χ4v) is 4.80. The Kier molecular flexibility index (Phi) is 5.37. The summed E-state index contributed by atoms with van der Waals surface area (Å²) in [7, 11) is 0. The Hall–Kier alpha value is -2.55. The summed E-state index contributed by atoms with van der Waals surface area (Å²) in [4.78, 5) is 0. The van der Waals surface area contributed by atoms with Gasteiger partial charge in [-0.1, -0.05) is 65.7 Å². The molecule has 0 amide bonds. The number of anilines is 1. The molecular formula is C26H22Cl2N2. The lowest BCUT2D eigenvalue weighted by atomic mass is 9.77. The van der Waals surface area contributed by atoms with Gasteiger partial charge in [-0.15, -0.1) is 0 Å². The van der Waals surface area contributed by atoms with Crippen molar-refractivity contribution in [3.8, 4) is 0 Å². The Morgan fingerprint density at radius 3 is 2.20 bits per heavy atom. The zero-order valence-electron chi connectivity index (χ0n) is 16.5. The van der Waals surface area contributed by atoms with E-state index in [1.807, 2.05) is 30.3 Å². The first kappa shape index (κ1) is 19.4. The molecule has 3 aromatic rings. The second-order valence-electron chi connectivity index (χ2n) is 7.88. The monoisotopic (exact) mass is 432 g/mol. The van der Waals surface area contributed by atoms with Crippen molar-refractivity contribution in [2.24, 2.45) is 11.0 Å². The summed E-state index contributed by atoms with van der Waals surface area (Å²) in [6.45, 7) is 0. The Bertz CT molecular complexity index is 1090. The Morgan fingerprint density at radius 1 is 0.833 bits per heavy atom. The zero-order valence-corrected chi connectivity index (χ0v) is 18.0. The van der Waals surface area contributed by atoms with Crippen molar-refractivity contribution in [1.82, 2.24) is 0 Å². The highest BCUT2D eigenvalue weighted by molar-refractivity contribution is 6.30. The Balaban J connectivity index is 1.58. The molecule has 1 aliphatic heterocycles. The number of fused-ring (bicyclic) bond motifs is 1. The van der Waals surface area contributed by atoms with E-state index in [-0.39, 0.29) is 6.04 Å². The van der Waals surface area contributed by atoms with Crippen LogP contribution in [0.15, 0.2) is 89.5 Å². The molecule has 0 aromatic heterocycles.